The Hall–Kier alpha value is -2.19. The van der Waals surface area contributed by atoms with Crippen LogP contribution < -0.4 is 11.1 Å². The molecule has 0 amide bonds. The Morgan fingerprint density at radius 1 is 1.11 bits per heavy atom. The normalized spacial score (nSPS) is 17.0. The minimum absolute atomic E-state index is 0.0789. The standard InChI is InChI=1S/C19H21F4N3O/c20-15-3-1-13(2-4-15)18(5-7-25-8-6-18)12-27-11-16-9-14(19(21,22)23)10-17(24)26-16/h1-4,9-10,25H,5-8,11-12H2,(H2,24,26). The third-order valence-electron chi connectivity index (χ3n) is 4.87. The fourth-order valence-electron chi connectivity index (χ4n) is 3.42. The Kier molecular flexibility index (Phi) is 5.67. The molecule has 1 aromatic heterocycles. The van der Waals surface area contributed by atoms with E-state index in [1.807, 2.05) is 0 Å². The molecular weight excluding hydrogens is 362 g/mol. The molecule has 0 radical (unpaired) electrons. The minimum atomic E-state index is -4.49. The summed E-state index contributed by atoms with van der Waals surface area (Å²) >= 11 is 0. The molecule has 0 aliphatic carbocycles. The molecule has 27 heavy (non-hydrogen) atoms. The van der Waals surface area contributed by atoms with Crippen molar-refractivity contribution >= 4 is 5.82 Å². The first-order chi connectivity index (χ1) is 12.8. The van der Waals surface area contributed by atoms with Crippen molar-refractivity contribution in [3.05, 3.63) is 59.0 Å². The first kappa shape index (κ1) is 19.6. The van der Waals surface area contributed by atoms with Crippen LogP contribution in [0, 0.1) is 5.82 Å². The Labute approximate surface area is 154 Å². The first-order valence-corrected chi connectivity index (χ1v) is 8.67. The summed E-state index contributed by atoms with van der Waals surface area (Å²) in [6.45, 7) is 1.80. The van der Waals surface area contributed by atoms with Crippen LogP contribution in [-0.4, -0.2) is 24.7 Å². The fourth-order valence-corrected chi connectivity index (χ4v) is 3.42. The summed E-state index contributed by atoms with van der Waals surface area (Å²) in [5, 5.41) is 3.28. The smallest absolute Gasteiger partial charge is 0.384 e. The van der Waals surface area contributed by atoms with Crippen LogP contribution in [0.5, 0.6) is 0 Å². The molecular formula is C19H21F4N3O. The van der Waals surface area contributed by atoms with Crippen LogP contribution in [-0.2, 0) is 22.9 Å². The molecule has 4 nitrogen and oxygen atoms in total. The Morgan fingerprint density at radius 3 is 2.41 bits per heavy atom. The van der Waals surface area contributed by atoms with Gasteiger partial charge in [0.05, 0.1) is 24.5 Å². The topological polar surface area (TPSA) is 60.2 Å². The van der Waals surface area contributed by atoms with Crippen LogP contribution in [0.4, 0.5) is 23.4 Å². The van der Waals surface area contributed by atoms with Crippen molar-refractivity contribution in [1.29, 1.82) is 0 Å². The van der Waals surface area contributed by atoms with Crippen LogP contribution in [0.2, 0.25) is 0 Å². The lowest BCUT2D eigenvalue weighted by Gasteiger charge is -2.38. The Balaban J connectivity index is 1.73. The van der Waals surface area contributed by atoms with E-state index in [0.717, 1.165) is 43.6 Å². The van der Waals surface area contributed by atoms with Gasteiger partial charge in [0.15, 0.2) is 0 Å². The van der Waals surface area contributed by atoms with Gasteiger partial charge in [-0.1, -0.05) is 12.1 Å². The van der Waals surface area contributed by atoms with Crippen LogP contribution in [0.1, 0.15) is 29.7 Å². The van der Waals surface area contributed by atoms with E-state index in [4.69, 9.17) is 10.5 Å². The summed E-state index contributed by atoms with van der Waals surface area (Å²) in [6, 6.07) is 8.05. The number of nitrogen functional groups attached to an aromatic ring is 1. The number of nitrogens with zero attached hydrogens (tertiary/aromatic N) is 1. The molecule has 3 N–H and O–H groups in total. The summed E-state index contributed by atoms with van der Waals surface area (Å²) in [6.07, 6.45) is -2.91. The van der Waals surface area contributed by atoms with E-state index >= 15 is 0 Å². The van der Waals surface area contributed by atoms with Gasteiger partial charge in [0, 0.05) is 5.41 Å². The van der Waals surface area contributed by atoms with Crippen molar-refractivity contribution in [3.63, 3.8) is 0 Å². The lowest BCUT2D eigenvalue weighted by atomic mass is 9.74. The second kappa shape index (κ2) is 7.82. The van der Waals surface area contributed by atoms with E-state index in [2.05, 4.69) is 10.3 Å². The highest BCUT2D eigenvalue weighted by Gasteiger charge is 2.35. The van der Waals surface area contributed by atoms with Crippen molar-refractivity contribution in [3.8, 4) is 0 Å². The molecule has 1 aliphatic heterocycles. The van der Waals surface area contributed by atoms with Gasteiger partial charge < -0.3 is 15.8 Å². The quantitative estimate of drug-likeness (QED) is 0.774. The van der Waals surface area contributed by atoms with Gasteiger partial charge >= 0.3 is 6.18 Å². The second-order valence-electron chi connectivity index (χ2n) is 6.80. The summed E-state index contributed by atoms with van der Waals surface area (Å²) in [5.74, 6) is -0.508. The van der Waals surface area contributed by atoms with Crippen LogP contribution >= 0.6 is 0 Å². The molecule has 0 spiro atoms. The number of ether oxygens (including phenoxy) is 1. The predicted octanol–water partition coefficient (Wildman–Crippen LogP) is 3.66. The monoisotopic (exact) mass is 383 g/mol. The molecule has 2 heterocycles. The van der Waals surface area contributed by atoms with Crippen molar-refractivity contribution in [2.75, 3.05) is 25.4 Å². The third-order valence-corrected chi connectivity index (χ3v) is 4.87. The van der Waals surface area contributed by atoms with Gasteiger partial charge in [-0.25, -0.2) is 9.37 Å². The maximum Gasteiger partial charge on any atom is 0.416 e. The second-order valence-corrected chi connectivity index (χ2v) is 6.80. The molecule has 8 heteroatoms. The van der Waals surface area contributed by atoms with Gasteiger partial charge in [0.2, 0.25) is 0 Å². The summed E-state index contributed by atoms with van der Waals surface area (Å²) < 4.78 is 57.8. The number of halogens is 4. The van der Waals surface area contributed by atoms with Gasteiger partial charge in [-0.15, -0.1) is 0 Å². The molecule has 0 atom stereocenters. The van der Waals surface area contributed by atoms with Crippen molar-refractivity contribution < 1.29 is 22.3 Å². The van der Waals surface area contributed by atoms with E-state index in [1.165, 1.54) is 12.1 Å². The molecule has 1 aliphatic rings. The maximum absolute atomic E-state index is 13.3. The van der Waals surface area contributed by atoms with E-state index in [9.17, 15) is 17.6 Å². The zero-order valence-corrected chi connectivity index (χ0v) is 14.7. The fraction of sp³-hybridized carbons (Fsp3) is 0.421. The molecule has 0 bridgehead atoms. The number of aromatic nitrogens is 1. The van der Waals surface area contributed by atoms with Crippen molar-refractivity contribution in [2.45, 2.75) is 31.0 Å². The van der Waals surface area contributed by atoms with Gasteiger partial charge in [0.1, 0.15) is 11.6 Å². The lowest BCUT2D eigenvalue weighted by Crippen LogP contribution is -2.43. The molecule has 146 valence electrons. The Bertz CT molecular complexity index is 772. The highest BCUT2D eigenvalue weighted by molar-refractivity contribution is 5.36. The molecule has 1 fully saturated rings. The van der Waals surface area contributed by atoms with Crippen molar-refractivity contribution in [1.82, 2.24) is 10.3 Å². The summed E-state index contributed by atoms with van der Waals surface area (Å²) in [5.41, 5.74) is 5.42. The number of benzene rings is 1. The average molecular weight is 383 g/mol. The third kappa shape index (κ3) is 4.75. The molecule has 2 aromatic rings. The van der Waals surface area contributed by atoms with Crippen LogP contribution in [0.3, 0.4) is 0 Å². The highest BCUT2D eigenvalue weighted by atomic mass is 19.4. The number of alkyl halides is 3. The van der Waals surface area contributed by atoms with E-state index in [1.54, 1.807) is 12.1 Å². The minimum Gasteiger partial charge on any atom is -0.384 e. The molecule has 3 rings (SSSR count). The van der Waals surface area contributed by atoms with E-state index in [-0.39, 0.29) is 29.4 Å². The largest absolute Gasteiger partial charge is 0.416 e. The number of hydrogen-bond donors (Lipinski definition) is 2. The molecule has 0 saturated carbocycles. The lowest BCUT2D eigenvalue weighted by molar-refractivity contribution is -0.137. The zero-order valence-electron chi connectivity index (χ0n) is 14.7. The number of rotatable bonds is 5. The van der Waals surface area contributed by atoms with E-state index in [0.29, 0.717) is 6.61 Å². The summed E-state index contributed by atoms with van der Waals surface area (Å²) in [7, 11) is 0. The molecule has 0 unspecified atom stereocenters. The van der Waals surface area contributed by atoms with Gasteiger partial charge in [-0.2, -0.15) is 13.2 Å². The maximum atomic E-state index is 13.3. The number of anilines is 1. The van der Waals surface area contributed by atoms with Gasteiger partial charge in [-0.05, 0) is 55.8 Å². The first-order valence-electron chi connectivity index (χ1n) is 8.67. The van der Waals surface area contributed by atoms with Crippen LogP contribution in [0.25, 0.3) is 0 Å². The van der Waals surface area contributed by atoms with Gasteiger partial charge in [0.25, 0.3) is 0 Å². The highest BCUT2D eigenvalue weighted by Crippen LogP contribution is 2.35. The van der Waals surface area contributed by atoms with Gasteiger partial charge in [-0.3, -0.25) is 0 Å². The Morgan fingerprint density at radius 2 is 1.78 bits per heavy atom. The number of nitrogens with two attached hydrogens (primary N) is 1. The molecule has 1 saturated heterocycles. The van der Waals surface area contributed by atoms with Crippen LogP contribution in [0.15, 0.2) is 36.4 Å². The van der Waals surface area contributed by atoms with Crippen molar-refractivity contribution in [2.24, 2.45) is 0 Å². The molecule has 1 aromatic carbocycles. The number of pyridine rings is 1. The SMILES string of the molecule is Nc1cc(C(F)(F)F)cc(COCC2(c3ccc(F)cc3)CCNCC2)n1. The predicted molar refractivity (Wildman–Crippen MR) is 93.5 cm³/mol. The van der Waals surface area contributed by atoms with E-state index < -0.39 is 11.7 Å². The zero-order chi connectivity index (χ0) is 19.5. The average Bonchev–Trinajstić information content (AvgIpc) is 2.62. The number of piperidine rings is 1. The number of hydrogen-bond acceptors (Lipinski definition) is 4. The summed E-state index contributed by atoms with van der Waals surface area (Å²) in [4.78, 5) is 3.93. The number of nitrogens with one attached hydrogen (secondary N) is 1.